The molecule has 0 atom stereocenters. The predicted molar refractivity (Wildman–Crippen MR) is 75.0 cm³/mol. The molecule has 2 aromatic rings. The van der Waals surface area contributed by atoms with Crippen LogP contribution in [0.4, 0.5) is 16.0 Å². The van der Waals surface area contributed by atoms with Crippen LogP contribution in [0.15, 0.2) is 36.7 Å². The third-order valence-electron chi connectivity index (χ3n) is 3.00. The van der Waals surface area contributed by atoms with Gasteiger partial charge in [-0.1, -0.05) is 0 Å². The van der Waals surface area contributed by atoms with Crippen molar-refractivity contribution in [3.05, 3.63) is 42.5 Å². The molecule has 5 heteroatoms. The number of benzene rings is 1. The Morgan fingerprint density at radius 2 is 2.05 bits per heavy atom. The van der Waals surface area contributed by atoms with E-state index in [9.17, 15) is 4.39 Å². The molecular formula is C14H19FN4. The number of aromatic nitrogens is 2. The van der Waals surface area contributed by atoms with E-state index in [1.807, 2.05) is 6.20 Å². The zero-order chi connectivity index (χ0) is 13.7. The Balaban J connectivity index is 2.32. The van der Waals surface area contributed by atoms with E-state index in [1.54, 1.807) is 18.3 Å². The van der Waals surface area contributed by atoms with Crippen LogP contribution in [0.3, 0.4) is 0 Å². The van der Waals surface area contributed by atoms with Crippen LogP contribution in [-0.4, -0.2) is 22.6 Å². The summed E-state index contributed by atoms with van der Waals surface area (Å²) in [5.74, 6) is 0.629. The lowest BCUT2D eigenvalue weighted by molar-refractivity contribution is 0.627. The number of nitrogens with zero attached hydrogens (tertiary/aromatic N) is 3. The molecule has 0 saturated carbocycles. The second-order valence-corrected chi connectivity index (χ2v) is 4.28. The molecule has 1 aromatic carbocycles. The minimum Gasteiger partial charge on any atom is -0.330 e. The molecule has 2 N–H and O–H groups in total. The van der Waals surface area contributed by atoms with Gasteiger partial charge in [-0.25, -0.2) is 9.37 Å². The van der Waals surface area contributed by atoms with Crippen molar-refractivity contribution in [3.8, 4) is 0 Å². The van der Waals surface area contributed by atoms with Crippen molar-refractivity contribution in [1.82, 2.24) is 9.55 Å². The average Bonchev–Trinajstić information content (AvgIpc) is 2.89. The zero-order valence-electron chi connectivity index (χ0n) is 11.1. The van der Waals surface area contributed by atoms with Gasteiger partial charge in [-0.3, -0.25) is 0 Å². The van der Waals surface area contributed by atoms with Gasteiger partial charge in [-0.15, -0.1) is 0 Å². The van der Waals surface area contributed by atoms with E-state index in [4.69, 9.17) is 5.73 Å². The van der Waals surface area contributed by atoms with Gasteiger partial charge in [0.2, 0.25) is 5.95 Å². The van der Waals surface area contributed by atoms with Crippen molar-refractivity contribution >= 4 is 11.6 Å². The maximum atomic E-state index is 13.0. The molecule has 2 rings (SSSR count). The summed E-state index contributed by atoms with van der Waals surface area (Å²) in [6, 6.07) is 6.45. The fourth-order valence-corrected chi connectivity index (χ4v) is 2.01. The fraction of sp³-hybridized carbons (Fsp3) is 0.357. The first-order valence-corrected chi connectivity index (χ1v) is 6.50. The molecule has 0 amide bonds. The molecule has 1 aromatic heterocycles. The van der Waals surface area contributed by atoms with Gasteiger partial charge in [0.25, 0.3) is 0 Å². The summed E-state index contributed by atoms with van der Waals surface area (Å²) in [5.41, 5.74) is 6.52. The highest BCUT2D eigenvalue weighted by atomic mass is 19.1. The average molecular weight is 262 g/mol. The normalized spacial score (nSPS) is 10.7. The van der Waals surface area contributed by atoms with Crippen LogP contribution in [-0.2, 0) is 6.54 Å². The van der Waals surface area contributed by atoms with E-state index in [1.165, 1.54) is 12.1 Å². The molecule has 0 aliphatic rings. The van der Waals surface area contributed by atoms with Crippen LogP contribution in [0.2, 0.25) is 0 Å². The van der Waals surface area contributed by atoms with Crippen molar-refractivity contribution < 1.29 is 4.39 Å². The Labute approximate surface area is 112 Å². The third-order valence-corrected chi connectivity index (χ3v) is 3.00. The zero-order valence-corrected chi connectivity index (χ0v) is 11.1. The number of anilines is 2. The summed E-state index contributed by atoms with van der Waals surface area (Å²) < 4.78 is 15.1. The van der Waals surface area contributed by atoms with Crippen LogP contribution < -0.4 is 10.6 Å². The summed E-state index contributed by atoms with van der Waals surface area (Å²) in [7, 11) is 0. The van der Waals surface area contributed by atoms with E-state index in [0.29, 0.717) is 6.54 Å². The predicted octanol–water partition coefficient (Wildman–Crippen LogP) is 2.53. The summed E-state index contributed by atoms with van der Waals surface area (Å²) in [6.45, 7) is 4.29. The quantitative estimate of drug-likeness (QED) is 0.870. The fourth-order valence-electron chi connectivity index (χ4n) is 2.01. The Morgan fingerprint density at radius 3 is 2.68 bits per heavy atom. The van der Waals surface area contributed by atoms with Crippen LogP contribution >= 0.6 is 0 Å². The van der Waals surface area contributed by atoms with E-state index >= 15 is 0 Å². The maximum absolute atomic E-state index is 13.0. The first-order valence-electron chi connectivity index (χ1n) is 6.50. The first kappa shape index (κ1) is 13.5. The van der Waals surface area contributed by atoms with Crippen molar-refractivity contribution in [3.63, 3.8) is 0 Å². The Hall–Kier alpha value is -1.88. The highest BCUT2D eigenvalue weighted by Crippen LogP contribution is 2.24. The topological polar surface area (TPSA) is 47.1 Å². The van der Waals surface area contributed by atoms with Crippen LogP contribution in [0.5, 0.6) is 0 Å². The van der Waals surface area contributed by atoms with Crippen molar-refractivity contribution in [2.45, 2.75) is 19.9 Å². The summed E-state index contributed by atoms with van der Waals surface area (Å²) in [6.07, 6.45) is 4.57. The largest absolute Gasteiger partial charge is 0.330 e. The molecule has 0 saturated heterocycles. The van der Waals surface area contributed by atoms with Gasteiger partial charge in [0.15, 0.2) is 0 Å². The van der Waals surface area contributed by atoms with Gasteiger partial charge >= 0.3 is 0 Å². The van der Waals surface area contributed by atoms with Crippen LogP contribution in [0.1, 0.15) is 13.3 Å². The Kier molecular flexibility index (Phi) is 4.52. The summed E-state index contributed by atoms with van der Waals surface area (Å²) >= 11 is 0. The van der Waals surface area contributed by atoms with Crippen LogP contribution in [0, 0.1) is 5.82 Å². The molecule has 0 aliphatic carbocycles. The minimum atomic E-state index is -0.235. The van der Waals surface area contributed by atoms with Gasteiger partial charge in [-0.2, -0.15) is 0 Å². The van der Waals surface area contributed by atoms with Crippen molar-refractivity contribution in [1.29, 1.82) is 0 Å². The van der Waals surface area contributed by atoms with Gasteiger partial charge in [0.1, 0.15) is 5.82 Å². The van der Waals surface area contributed by atoms with Gasteiger partial charge in [-0.05, 0) is 44.2 Å². The highest BCUT2D eigenvalue weighted by molar-refractivity contribution is 5.57. The van der Waals surface area contributed by atoms with Gasteiger partial charge in [0, 0.05) is 31.2 Å². The lowest BCUT2D eigenvalue weighted by atomic mass is 10.2. The monoisotopic (exact) mass is 262 g/mol. The van der Waals surface area contributed by atoms with E-state index in [-0.39, 0.29) is 5.82 Å². The summed E-state index contributed by atoms with van der Waals surface area (Å²) in [4.78, 5) is 6.46. The molecule has 0 aliphatic heterocycles. The summed E-state index contributed by atoms with van der Waals surface area (Å²) in [5, 5.41) is 0. The molecular weight excluding hydrogens is 243 g/mol. The highest BCUT2D eigenvalue weighted by Gasteiger charge is 2.13. The molecule has 0 spiro atoms. The number of imidazole rings is 1. The lowest BCUT2D eigenvalue weighted by Gasteiger charge is -2.24. The van der Waals surface area contributed by atoms with E-state index in [0.717, 1.165) is 31.1 Å². The van der Waals surface area contributed by atoms with Crippen LogP contribution in [0.25, 0.3) is 0 Å². The maximum Gasteiger partial charge on any atom is 0.209 e. The second kappa shape index (κ2) is 6.33. The molecule has 0 bridgehead atoms. The van der Waals surface area contributed by atoms with Gasteiger partial charge in [0.05, 0.1) is 0 Å². The molecule has 0 fully saturated rings. The molecule has 19 heavy (non-hydrogen) atoms. The molecule has 0 unspecified atom stereocenters. The molecule has 1 heterocycles. The number of hydrogen-bond donors (Lipinski definition) is 1. The van der Waals surface area contributed by atoms with Gasteiger partial charge < -0.3 is 15.2 Å². The second-order valence-electron chi connectivity index (χ2n) is 4.28. The number of nitrogens with two attached hydrogens (primary N) is 1. The lowest BCUT2D eigenvalue weighted by Crippen LogP contribution is -2.24. The number of halogens is 1. The molecule has 102 valence electrons. The first-order chi connectivity index (χ1) is 9.26. The third kappa shape index (κ3) is 3.12. The van der Waals surface area contributed by atoms with E-state index in [2.05, 4.69) is 21.4 Å². The molecule has 4 nitrogen and oxygen atoms in total. The van der Waals surface area contributed by atoms with Crippen molar-refractivity contribution in [2.24, 2.45) is 5.73 Å². The standard InChI is InChI=1S/C14H19FN4/c1-2-18-11-9-17-14(18)19(10-3-8-16)13-6-4-12(15)5-7-13/h4-7,9,11H,2-3,8,10,16H2,1H3. The Morgan fingerprint density at radius 1 is 1.32 bits per heavy atom. The number of aryl methyl sites for hydroxylation is 1. The SMILES string of the molecule is CCn1ccnc1N(CCCN)c1ccc(F)cc1. The molecule has 0 radical (unpaired) electrons. The number of hydrogen-bond acceptors (Lipinski definition) is 3. The smallest absolute Gasteiger partial charge is 0.209 e. The van der Waals surface area contributed by atoms with Crippen molar-refractivity contribution in [2.75, 3.05) is 18.0 Å². The number of rotatable bonds is 6. The minimum absolute atomic E-state index is 0.235. The van der Waals surface area contributed by atoms with E-state index < -0.39 is 0 Å². The Bertz CT molecular complexity index is 506.